The van der Waals surface area contributed by atoms with Gasteiger partial charge in [-0.1, -0.05) is 54.6 Å². The molecule has 0 aliphatic carbocycles. The summed E-state index contributed by atoms with van der Waals surface area (Å²) in [7, 11) is -8.16. The second-order valence-corrected chi connectivity index (χ2v) is 13.5. The van der Waals surface area contributed by atoms with E-state index in [4.69, 9.17) is 18.0 Å². The fourth-order valence-corrected chi connectivity index (χ4v) is 8.95. The van der Waals surface area contributed by atoms with Crippen molar-refractivity contribution in [2.75, 3.05) is 0 Å². The Morgan fingerprint density at radius 3 is 1.53 bits per heavy atom. The average molecular weight is 572 g/mol. The molecule has 0 aliphatic rings. The van der Waals surface area contributed by atoms with Crippen LogP contribution < -0.4 is 21.2 Å². The first-order valence-corrected chi connectivity index (χ1v) is 15.4. The molecule has 194 valence electrons. The lowest BCUT2D eigenvalue weighted by atomic mass is 10.2. The number of hydrogen-bond donors (Lipinski definition) is 0. The normalized spacial score (nSPS) is 11.9. The van der Waals surface area contributed by atoms with Crippen molar-refractivity contribution in [1.29, 1.82) is 0 Å². The van der Waals surface area contributed by atoms with Gasteiger partial charge in [0.25, 0.3) is 0 Å². The van der Waals surface area contributed by atoms with Gasteiger partial charge in [0.05, 0.1) is 5.69 Å². The van der Waals surface area contributed by atoms with Crippen molar-refractivity contribution in [1.82, 2.24) is 4.98 Å². The Labute approximate surface area is 223 Å². The minimum Gasteiger partial charge on any atom is -0.741 e. The Bertz CT molecular complexity index is 1470. The molecule has 0 saturated heterocycles. The van der Waals surface area contributed by atoms with Crippen LogP contribution in [0.2, 0.25) is 0 Å². The minimum atomic E-state index is -6.09. The Morgan fingerprint density at radius 2 is 1.16 bits per heavy atom. The quantitative estimate of drug-likeness (QED) is 0.159. The average Bonchev–Trinajstić information content (AvgIpc) is 3.46. The molecule has 0 radical (unpaired) electrons. The van der Waals surface area contributed by atoms with Crippen molar-refractivity contribution < 1.29 is 26.1 Å². The monoisotopic (exact) mass is 571 g/mol. The van der Waals surface area contributed by atoms with Gasteiger partial charge in [-0.2, -0.15) is 24.5 Å². The van der Waals surface area contributed by atoms with Crippen molar-refractivity contribution in [3.8, 4) is 11.3 Å². The van der Waals surface area contributed by atoms with Gasteiger partial charge in [0.2, 0.25) is 0 Å². The molecule has 2 aromatic heterocycles. The highest BCUT2D eigenvalue weighted by atomic mass is 32.2. The third-order valence-corrected chi connectivity index (χ3v) is 11.2. The zero-order chi connectivity index (χ0) is 27.2. The summed E-state index contributed by atoms with van der Waals surface area (Å²) in [6.07, 6.45) is 1.96. The maximum absolute atomic E-state index is 10.7. The Morgan fingerprint density at radius 1 is 0.711 bits per heavy atom. The predicted octanol–water partition coefficient (Wildman–Crippen LogP) is 5.48. The number of benzene rings is 3. The first-order valence-electron chi connectivity index (χ1n) is 11.2. The standard InChI is InChI=1S/C27H21NPS.CHF3O3S/c1-4-10-23(11-5-1)29(24-12-6-2-7-13-24,25-14-8-3-9-15-25)26-16-18-28-27(20-26)22-17-19-30-21-22;2-1(3,4)8(5,6)7/h1-21H;(H,5,6,7)/q+1;/p-1. The topological polar surface area (TPSA) is 70.1 Å². The summed E-state index contributed by atoms with van der Waals surface area (Å²) in [5.74, 6) is 0. The summed E-state index contributed by atoms with van der Waals surface area (Å²) in [6, 6.07) is 39.5. The van der Waals surface area contributed by atoms with Crippen LogP contribution in [0, 0.1) is 0 Å². The highest BCUT2D eigenvalue weighted by Gasteiger charge is 2.48. The Kier molecular flexibility index (Phi) is 8.43. The van der Waals surface area contributed by atoms with Crippen molar-refractivity contribution in [2.24, 2.45) is 0 Å². The molecule has 5 aromatic rings. The van der Waals surface area contributed by atoms with Crippen molar-refractivity contribution in [2.45, 2.75) is 5.51 Å². The molecule has 0 atom stereocenters. The fourth-order valence-electron chi connectivity index (χ4n) is 4.05. The second-order valence-electron chi connectivity index (χ2n) is 7.99. The zero-order valence-electron chi connectivity index (χ0n) is 19.7. The number of pyridine rings is 1. The number of alkyl halides is 3. The SMILES string of the molecule is O=S(=O)([O-])C(F)(F)F.c1ccc([P+](c2ccccc2)(c2ccccc2)c2ccnc(-c3ccsc3)c2)cc1. The molecule has 0 unspecified atom stereocenters. The number of rotatable bonds is 5. The number of aromatic nitrogens is 1. The van der Waals surface area contributed by atoms with Crippen LogP contribution in [-0.4, -0.2) is 23.5 Å². The van der Waals surface area contributed by atoms with E-state index in [0.29, 0.717) is 0 Å². The number of thiophene rings is 1. The van der Waals surface area contributed by atoms with Gasteiger partial charge < -0.3 is 4.55 Å². The first-order chi connectivity index (χ1) is 18.1. The summed E-state index contributed by atoms with van der Waals surface area (Å²) in [6.45, 7) is 0. The summed E-state index contributed by atoms with van der Waals surface area (Å²) in [5, 5.41) is 9.65. The highest BCUT2D eigenvalue weighted by molar-refractivity contribution is 8.01. The third kappa shape index (κ3) is 5.87. The molecule has 0 spiro atoms. The summed E-state index contributed by atoms with van der Waals surface area (Å²) in [5.41, 5.74) is -3.44. The second kappa shape index (κ2) is 11.6. The van der Waals surface area contributed by atoms with Gasteiger partial charge in [0, 0.05) is 23.2 Å². The lowest BCUT2D eigenvalue weighted by Gasteiger charge is -2.27. The molecule has 5 rings (SSSR count). The number of halogens is 3. The number of hydrogen-bond acceptors (Lipinski definition) is 5. The fraction of sp³-hybridized carbons (Fsp3) is 0.0357. The maximum atomic E-state index is 10.7. The lowest BCUT2D eigenvalue weighted by molar-refractivity contribution is -0.0517. The van der Waals surface area contributed by atoms with Gasteiger partial charge in [0.1, 0.15) is 28.5 Å². The van der Waals surface area contributed by atoms with Crippen LogP contribution in [-0.2, 0) is 10.1 Å². The lowest BCUT2D eigenvalue weighted by Crippen LogP contribution is -2.38. The molecule has 4 nitrogen and oxygen atoms in total. The maximum Gasteiger partial charge on any atom is 0.485 e. The minimum absolute atomic E-state index is 1.03. The van der Waals surface area contributed by atoms with Crippen LogP contribution in [0.3, 0.4) is 0 Å². The van der Waals surface area contributed by atoms with Gasteiger partial charge >= 0.3 is 5.51 Å². The van der Waals surface area contributed by atoms with Crippen LogP contribution in [0.25, 0.3) is 11.3 Å². The van der Waals surface area contributed by atoms with Gasteiger partial charge in [-0.15, -0.1) is 0 Å². The predicted molar refractivity (Wildman–Crippen MR) is 148 cm³/mol. The van der Waals surface area contributed by atoms with E-state index in [1.807, 2.05) is 6.20 Å². The van der Waals surface area contributed by atoms with E-state index < -0.39 is 22.9 Å². The molecule has 10 heteroatoms. The van der Waals surface area contributed by atoms with Gasteiger partial charge in [-0.25, -0.2) is 8.42 Å². The van der Waals surface area contributed by atoms with Crippen LogP contribution >= 0.6 is 18.6 Å². The largest absolute Gasteiger partial charge is 0.741 e. The van der Waals surface area contributed by atoms with Gasteiger partial charge in [-0.05, 0) is 53.9 Å². The molecule has 2 heterocycles. The summed E-state index contributed by atoms with van der Waals surface area (Å²) < 4.78 is 58.9. The molecule has 0 aliphatic heterocycles. The van der Waals surface area contributed by atoms with E-state index in [9.17, 15) is 13.2 Å². The Hall–Kier alpha value is -3.36. The molecule has 0 amide bonds. The van der Waals surface area contributed by atoms with Crippen molar-refractivity contribution in [3.63, 3.8) is 0 Å². The molecule has 38 heavy (non-hydrogen) atoms. The van der Waals surface area contributed by atoms with E-state index in [2.05, 4.69) is 120 Å². The molecular formula is C28H21F3NO3PS2. The van der Waals surface area contributed by atoms with E-state index in [0.717, 1.165) is 5.69 Å². The molecule has 0 fully saturated rings. The Balaban J connectivity index is 0.000000368. The highest BCUT2D eigenvalue weighted by Crippen LogP contribution is 2.54. The van der Waals surface area contributed by atoms with Gasteiger partial charge in [-0.3, -0.25) is 4.98 Å². The van der Waals surface area contributed by atoms with Crippen molar-refractivity contribution >= 4 is 49.9 Å². The third-order valence-electron chi connectivity index (χ3n) is 5.66. The molecule has 0 N–H and O–H groups in total. The van der Waals surface area contributed by atoms with E-state index in [-0.39, 0.29) is 0 Å². The van der Waals surface area contributed by atoms with Crippen molar-refractivity contribution in [3.05, 3.63) is 126 Å². The van der Waals surface area contributed by atoms with Crippen LogP contribution in [0.4, 0.5) is 13.2 Å². The van der Waals surface area contributed by atoms with Crippen LogP contribution in [0.15, 0.2) is 126 Å². The van der Waals surface area contributed by atoms with Crippen LogP contribution in [0.5, 0.6) is 0 Å². The summed E-state index contributed by atoms with van der Waals surface area (Å²) in [4.78, 5) is 4.70. The van der Waals surface area contributed by atoms with Crippen LogP contribution in [0.1, 0.15) is 0 Å². The summed E-state index contributed by atoms with van der Waals surface area (Å²) >= 11 is 1.71. The first kappa shape index (κ1) is 27.7. The van der Waals surface area contributed by atoms with E-state index >= 15 is 0 Å². The smallest absolute Gasteiger partial charge is 0.485 e. The molecule has 0 bridgehead atoms. The van der Waals surface area contributed by atoms with Gasteiger partial charge in [0.15, 0.2) is 10.1 Å². The zero-order valence-corrected chi connectivity index (χ0v) is 22.2. The number of nitrogens with zero attached hydrogens (tertiary/aromatic N) is 1. The molecular weight excluding hydrogens is 550 g/mol. The molecule has 3 aromatic carbocycles. The van der Waals surface area contributed by atoms with E-state index in [1.54, 1.807) is 11.3 Å². The van der Waals surface area contributed by atoms with E-state index in [1.165, 1.54) is 26.8 Å². The molecule has 0 saturated carbocycles.